The van der Waals surface area contributed by atoms with Crippen LogP contribution in [0.3, 0.4) is 0 Å². The number of primary amides is 1. The number of aromatic nitrogens is 2. The van der Waals surface area contributed by atoms with Gasteiger partial charge in [0, 0.05) is 12.1 Å². The molecule has 0 aliphatic rings. The van der Waals surface area contributed by atoms with E-state index in [1.165, 1.54) is 19.2 Å². The van der Waals surface area contributed by atoms with E-state index in [0.717, 1.165) is 0 Å². The molecule has 2 aromatic rings. The zero-order chi connectivity index (χ0) is 14.4. The van der Waals surface area contributed by atoms with Gasteiger partial charge in [0.1, 0.15) is 5.54 Å². The van der Waals surface area contributed by atoms with Crippen molar-refractivity contribution in [1.29, 1.82) is 0 Å². The first-order chi connectivity index (χ1) is 8.78. The molecule has 1 heterocycles. The number of hydrogen-bond acceptors (Lipinski definition) is 3. The Hall–Kier alpha value is -1.89. The van der Waals surface area contributed by atoms with Gasteiger partial charge in [-0.2, -0.15) is 0 Å². The number of nitrogens with zero attached hydrogens (tertiary/aromatic N) is 1. The van der Waals surface area contributed by atoms with Gasteiger partial charge in [0.05, 0.1) is 18.1 Å². The van der Waals surface area contributed by atoms with Crippen molar-refractivity contribution >= 4 is 29.2 Å². The van der Waals surface area contributed by atoms with Crippen LogP contribution in [0.15, 0.2) is 12.1 Å². The van der Waals surface area contributed by atoms with E-state index >= 15 is 0 Å². The quantitative estimate of drug-likeness (QED) is 0.847. The number of carbonyl (C=O) groups excluding carboxylic acids is 1. The zero-order valence-electron chi connectivity index (χ0n) is 10.8. The average Bonchev–Trinajstić information content (AvgIpc) is 2.63. The van der Waals surface area contributed by atoms with Crippen molar-refractivity contribution in [1.82, 2.24) is 9.55 Å². The molecule has 0 saturated heterocycles. The molecule has 0 radical (unpaired) electrons. The minimum atomic E-state index is -1.03. The summed E-state index contributed by atoms with van der Waals surface area (Å²) in [5, 5.41) is 0. The summed E-state index contributed by atoms with van der Waals surface area (Å²) in [6.45, 7) is 3.29. The number of carbonyl (C=O) groups is 1. The van der Waals surface area contributed by atoms with E-state index in [1.807, 2.05) is 0 Å². The van der Waals surface area contributed by atoms with E-state index in [4.69, 9.17) is 22.7 Å². The van der Waals surface area contributed by atoms with Crippen molar-refractivity contribution in [3.8, 4) is 5.75 Å². The molecule has 0 bridgehead atoms. The highest BCUT2D eigenvalue weighted by Gasteiger charge is 2.30. The van der Waals surface area contributed by atoms with Crippen LogP contribution in [-0.2, 0) is 10.3 Å². The summed E-state index contributed by atoms with van der Waals surface area (Å²) in [5.74, 6) is -0.960. The number of benzene rings is 1. The van der Waals surface area contributed by atoms with Crippen LogP contribution in [0.2, 0.25) is 0 Å². The molecule has 1 aromatic carbocycles. The third kappa shape index (κ3) is 1.99. The Bertz CT molecular complexity index is 718. The summed E-state index contributed by atoms with van der Waals surface area (Å²) in [6.07, 6.45) is 0. The van der Waals surface area contributed by atoms with Crippen LogP contribution < -0.4 is 10.5 Å². The third-order valence-corrected chi connectivity index (χ3v) is 3.40. The van der Waals surface area contributed by atoms with Crippen molar-refractivity contribution in [2.45, 2.75) is 19.4 Å². The summed E-state index contributed by atoms with van der Waals surface area (Å²) in [5.41, 5.74) is 5.41. The fraction of sp³-hybridized carbons (Fsp3) is 0.333. The molecule has 0 fully saturated rings. The second-order valence-corrected chi connectivity index (χ2v) is 5.08. The van der Waals surface area contributed by atoms with E-state index in [9.17, 15) is 9.18 Å². The number of methoxy groups -OCH3 is 1. The van der Waals surface area contributed by atoms with Crippen molar-refractivity contribution in [3.05, 3.63) is 22.7 Å². The van der Waals surface area contributed by atoms with Gasteiger partial charge in [-0.1, -0.05) is 0 Å². The smallest absolute Gasteiger partial charge is 0.243 e. The number of H-pyrrole nitrogens is 1. The SMILES string of the molecule is COc1cc2c(cc1F)[nH]c(=S)n2C(C)(C)C(N)=O. The molecule has 7 heteroatoms. The van der Waals surface area contributed by atoms with E-state index in [2.05, 4.69) is 4.98 Å². The molecule has 2 rings (SSSR count). The standard InChI is InChI=1S/C12H14FN3O2S/c1-12(2,10(14)17)16-8-5-9(18-3)6(13)4-7(8)15-11(16)19/h4-5H,1-3H3,(H2,14,17)(H,15,19). The normalized spacial score (nSPS) is 11.8. The highest BCUT2D eigenvalue weighted by atomic mass is 32.1. The predicted molar refractivity (Wildman–Crippen MR) is 72.1 cm³/mol. The number of aromatic amines is 1. The second kappa shape index (κ2) is 4.34. The number of fused-ring (bicyclic) bond motifs is 1. The number of ether oxygens (including phenoxy) is 1. The van der Waals surface area contributed by atoms with Gasteiger partial charge in [0.15, 0.2) is 16.3 Å². The molecule has 19 heavy (non-hydrogen) atoms. The first-order valence-corrected chi connectivity index (χ1v) is 5.98. The molecule has 0 spiro atoms. The van der Waals surface area contributed by atoms with Gasteiger partial charge in [-0.15, -0.1) is 0 Å². The Kier molecular flexibility index (Phi) is 3.09. The molecule has 1 aromatic heterocycles. The fourth-order valence-electron chi connectivity index (χ4n) is 1.93. The minimum absolute atomic E-state index is 0.0792. The maximum Gasteiger partial charge on any atom is 0.243 e. The highest BCUT2D eigenvalue weighted by molar-refractivity contribution is 7.71. The minimum Gasteiger partial charge on any atom is -0.494 e. The van der Waals surface area contributed by atoms with Gasteiger partial charge in [0.25, 0.3) is 0 Å². The highest BCUT2D eigenvalue weighted by Crippen LogP contribution is 2.28. The van der Waals surface area contributed by atoms with Crippen LogP contribution in [0.25, 0.3) is 11.0 Å². The maximum atomic E-state index is 13.6. The van der Waals surface area contributed by atoms with Crippen LogP contribution in [0, 0.1) is 10.6 Å². The Balaban J connectivity index is 2.85. The van der Waals surface area contributed by atoms with Gasteiger partial charge < -0.3 is 20.0 Å². The molecule has 0 unspecified atom stereocenters. The molecule has 0 saturated carbocycles. The Morgan fingerprint density at radius 3 is 2.68 bits per heavy atom. The summed E-state index contributed by atoms with van der Waals surface area (Å²) in [6, 6.07) is 2.76. The number of imidazole rings is 1. The van der Waals surface area contributed by atoms with Gasteiger partial charge in [0.2, 0.25) is 5.91 Å². The molecular weight excluding hydrogens is 269 g/mol. The molecule has 0 aliphatic carbocycles. The summed E-state index contributed by atoms with van der Waals surface area (Å²) in [7, 11) is 1.37. The lowest BCUT2D eigenvalue weighted by molar-refractivity contribution is -0.124. The third-order valence-electron chi connectivity index (χ3n) is 3.12. The topological polar surface area (TPSA) is 73.0 Å². The van der Waals surface area contributed by atoms with E-state index in [0.29, 0.717) is 15.8 Å². The molecule has 102 valence electrons. The van der Waals surface area contributed by atoms with Crippen molar-refractivity contribution in [3.63, 3.8) is 0 Å². The van der Waals surface area contributed by atoms with Crippen LogP contribution >= 0.6 is 12.2 Å². The van der Waals surface area contributed by atoms with Crippen LogP contribution in [0.4, 0.5) is 4.39 Å². The zero-order valence-corrected chi connectivity index (χ0v) is 11.6. The monoisotopic (exact) mass is 283 g/mol. The first-order valence-electron chi connectivity index (χ1n) is 5.57. The first kappa shape index (κ1) is 13.5. The maximum absolute atomic E-state index is 13.6. The van der Waals surface area contributed by atoms with E-state index in [1.54, 1.807) is 18.4 Å². The van der Waals surface area contributed by atoms with Gasteiger partial charge in [-0.25, -0.2) is 4.39 Å². The van der Waals surface area contributed by atoms with Gasteiger partial charge in [-0.3, -0.25) is 4.79 Å². The van der Waals surface area contributed by atoms with Crippen LogP contribution in [-0.4, -0.2) is 22.6 Å². The van der Waals surface area contributed by atoms with E-state index < -0.39 is 17.3 Å². The predicted octanol–water partition coefficient (Wildman–Crippen LogP) is 2.07. The number of rotatable bonds is 3. The van der Waals surface area contributed by atoms with Gasteiger partial charge >= 0.3 is 0 Å². The molecule has 5 nitrogen and oxygen atoms in total. The lowest BCUT2D eigenvalue weighted by atomic mass is 10.0. The van der Waals surface area contributed by atoms with E-state index in [-0.39, 0.29) is 5.75 Å². The van der Waals surface area contributed by atoms with Crippen molar-refractivity contribution < 1.29 is 13.9 Å². The number of amides is 1. The Morgan fingerprint density at radius 2 is 2.16 bits per heavy atom. The van der Waals surface area contributed by atoms with Crippen molar-refractivity contribution in [2.24, 2.45) is 5.73 Å². The lowest BCUT2D eigenvalue weighted by Gasteiger charge is -2.23. The number of halogens is 1. The Labute approximate surface area is 114 Å². The summed E-state index contributed by atoms with van der Waals surface area (Å²) < 4.78 is 20.4. The number of nitrogens with one attached hydrogen (secondary N) is 1. The number of nitrogens with two attached hydrogens (primary N) is 1. The van der Waals surface area contributed by atoms with Crippen LogP contribution in [0.1, 0.15) is 13.8 Å². The summed E-state index contributed by atoms with van der Waals surface area (Å²) in [4.78, 5) is 14.4. The molecule has 3 N–H and O–H groups in total. The molecule has 0 aliphatic heterocycles. The number of hydrogen-bond donors (Lipinski definition) is 2. The molecular formula is C12H14FN3O2S. The largest absolute Gasteiger partial charge is 0.494 e. The Morgan fingerprint density at radius 1 is 1.53 bits per heavy atom. The molecule has 0 atom stereocenters. The average molecular weight is 283 g/mol. The van der Waals surface area contributed by atoms with Crippen LogP contribution in [0.5, 0.6) is 5.75 Å². The summed E-state index contributed by atoms with van der Waals surface area (Å²) >= 11 is 5.18. The van der Waals surface area contributed by atoms with Gasteiger partial charge in [-0.05, 0) is 26.1 Å². The fourth-order valence-corrected chi connectivity index (χ4v) is 2.37. The lowest BCUT2D eigenvalue weighted by Crippen LogP contribution is -2.41. The molecule has 1 amide bonds. The van der Waals surface area contributed by atoms with Crippen molar-refractivity contribution in [2.75, 3.05) is 7.11 Å². The second-order valence-electron chi connectivity index (χ2n) is 4.69.